The Morgan fingerprint density at radius 3 is 2.70 bits per heavy atom. The number of ether oxygens (including phenoxy) is 1. The van der Waals surface area contributed by atoms with Gasteiger partial charge in [-0.3, -0.25) is 0 Å². The lowest BCUT2D eigenvalue weighted by Gasteiger charge is -2.40. The molecular weight excluding hydrogens is 250 g/mol. The van der Waals surface area contributed by atoms with Crippen LogP contribution in [-0.2, 0) is 4.74 Å². The molecule has 0 unspecified atom stereocenters. The maximum absolute atomic E-state index is 6.24. The summed E-state index contributed by atoms with van der Waals surface area (Å²) in [4.78, 5) is 2.33. The molecule has 2 rings (SSSR count). The maximum atomic E-state index is 6.24. The predicted octanol–water partition coefficient (Wildman–Crippen LogP) is 3.21. The second-order valence-electron chi connectivity index (χ2n) is 6.12. The Kier molecular flexibility index (Phi) is 5.35. The summed E-state index contributed by atoms with van der Waals surface area (Å²) in [5.41, 5.74) is 0.963. The lowest BCUT2D eigenvalue weighted by molar-refractivity contribution is -0.0521. The van der Waals surface area contributed by atoms with Gasteiger partial charge in [-0.25, -0.2) is 0 Å². The average molecular weight is 277 g/mol. The Hall–Kier alpha value is -1.16. The molecule has 0 bridgehead atoms. The fraction of sp³-hybridized carbons (Fsp3) is 0.750. The van der Waals surface area contributed by atoms with E-state index in [0.717, 1.165) is 31.0 Å². The molecule has 20 heavy (non-hydrogen) atoms. The normalized spacial score (nSPS) is 23.4. The lowest BCUT2D eigenvalue weighted by atomic mass is 10.0. The Balaban J connectivity index is 2.08. The summed E-state index contributed by atoms with van der Waals surface area (Å²) in [5, 5.41) is 8.51. The molecule has 1 aromatic rings. The number of morpholine rings is 1. The summed E-state index contributed by atoms with van der Waals surface area (Å²) in [6.07, 6.45) is 4.18. The van der Waals surface area contributed by atoms with Crippen LogP contribution < -0.4 is 4.90 Å². The second-order valence-corrected chi connectivity index (χ2v) is 6.12. The predicted molar refractivity (Wildman–Crippen MR) is 82.0 cm³/mol. The van der Waals surface area contributed by atoms with Crippen molar-refractivity contribution in [3.63, 3.8) is 0 Å². The highest BCUT2D eigenvalue weighted by Crippen LogP contribution is 2.24. The topological polar surface area (TPSA) is 38.2 Å². The minimum atomic E-state index is 0.286. The first-order valence-corrected chi connectivity index (χ1v) is 7.81. The zero-order chi connectivity index (χ0) is 14.5. The van der Waals surface area contributed by atoms with E-state index in [2.05, 4.69) is 41.9 Å². The summed E-state index contributed by atoms with van der Waals surface area (Å²) < 4.78 is 6.24. The quantitative estimate of drug-likeness (QED) is 0.828. The number of rotatable bonds is 5. The smallest absolute Gasteiger partial charge is 0.151 e. The Bertz CT molecular complexity index is 405. The van der Waals surface area contributed by atoms with Crippen LogP contribution >= 0.6 is 0 Å². The number of aryl methyl sites for hydroxylation is 1. The summed E-state index contributed by atoms with van der Waals surface area (Å²) >= 11 is 0. The average Bonchev–Trinajstić information content (AvgIpc) is 2.45. The molecule has 0 amide bonds. The highest BCUT2D eigenvalue weighted by Gasteiger charge is 2.30. The van der Waals surface area contributed by atoms with Crippen molar-refractivity contribution >= 4 is 5.82 Å². The van der Waals surface area contributed by atoms with Gasteiger partial charge in [-0.2, -0.15) is 5.10 Å². The molecule has 2 heterocycles. The van der Waals surface area contributed by atoms with Gasteiger partial charge >= 0.3 is 0 Å². The molecule has 0 aromatic carbocycles. The van der Waals surface area contributed by atoms with Crippen LogP contribution in [0.1, 0.15) is 45.7 Å². The van der Waals surface area contributed by atoms with E-state index in [-0.39, 0.29) is 6.10 Å². The van der Waals surface area contributed by atoms with Gasteiger partial charge in [0, 0.05) is 13.1 Å². The van der Waals surface area contributed by atoms with E-state index in [1.807, 2.05) is 13.0 Å². The molecule has 1 aliphatic heterocycles. The van der Waals surface area contributed by atoms with E-state index < -0.39 is 0 Å². The highest BCUT2D eigenvalue weighted by atomic mass is 16.5. The van der Waals surface area contributed by atoms with Gasteiger partial charge in [0.1, 0.15) is 0 Å². The van der Waals surface area contributed by atoms with Crippen LogP contribution in [0.3, 0.4) is 0 Å². The van der Waals surface area contributed by atoms with Crippen LogP contribution in [0.5, 0.6) is 0 Å². The molecule has 4 nitrogen and oxygen atoms in total. The van der Waals surface area contributed by atoms with Crippen molar-refractivity contribution in [2.75, 3.05) is 18.0 Å². The van der Waals surface area contributed by atoms with Gasteiger partial charge < -0.3 is 9.64 Å². The van der Waals surface area contributed by atoms with Crippen LogP contribution in [0, 0.1) is 12.8 Å². The van der Waals surface area contributed by atoms with Crippen LogP contribution in [-0.4, -0.2) is 35.5 Å². The molecule has 0 radical (unpaired) electrons. The van der Waals surface area contributed by atoms with Crippen molar-refractivity contribution in [1.82, 2.24) is 10.2 Å². The van der Waals surface area contributed by atoms with Crippen LogP contribution in [0.2, 0.25) is 0 Å². The van der Waals surface area contributed by atoms with E-state index in [9.17, 15) is 0 Å². The van der Waals surface area contributed by atoms with Gasteiger partial charge in [0.15, 0.2) is 5.82 Å². The number of hydrogen-bond acceptors (Lipinski definition) is 4. The maximum Gasteiger partial charge on any atom is 0.151 e. The molecule has 2 atom stereocenters. The number of nitrogens with zero attached hydrogens (tertiary/aromatic N) is 3. The minimum absolute atomic E-state index is 0.286. The molecule has 0 spiro atoms. The SMILES string of the molecule is CCCC[C@@H]1CN(c2ccc(C)nn2)C[C@H](C(C)C)O1. The summed E-state index contributed by atoms with van der Waals surface area (Å²) in [6, 6.07) is 4.10. The number of unbranched alkanes of at least 4 members (excludes halogenated alkanes) is 1. The minimum Gasteiger partial charge on any atom is -0.371 e. The third-order valence-electron chi connectivity index (χ3n) is 3.92. The standard InChI is InChI=1S/C16H27N3O/c1-5-6-7-14-10-19(11-15(20-14)12(2)3)16-9-8-13(4)17-18-16/h8-9,12,14-15H,5-7,10-11H2,1-4H3/t14-,15-/m1/s1. The highest BCUT2D eigenvalue weighted by molar-refractivity contribution is 5.38. The molecular formula is C16H27N3O. The molecule has 1 aliphatic rings. The summed E-state index contributed by atoms with van der Waals surface area (Å²) in [5.74, 6) is 1.51. The first kappa shape index (κ1) is 15.2. The number of hydrogen-bond donors (Lipinski definition) is 0. The molecule has 0 saturated carbocycles. The van der Waals surface area contributed by atoms with E-state index in [4.69, 9.17) is 4.74 Å². The number of anilines is 1. The summed E-state index contributed by atoms with van der Waals surface area (Å²) in [6.45, 7) is 10.5. The molecule has 0 aliphatic carbocycles. The van der Waals surface area contributed by atoms with E-state index in [1.165, 1.54) is 12.8 Å². The first-order chi connectivity index (χ1) is 9.60. The van der Waals surface area contributed by atoms with Gasteiger partial charge in [-0.15, -0.1) is 5.10 Å². The van der Waals surface area contributed by atoms with Crippen molar-refractivity contribution < 1.29 is 4.74 Å². The largest absolute Gasteiger partial charge is 0.371 e. The molecule has 4 heteroatoms. The van der Waals surface area contributed by atoms with Crippen LogP contribution in [0.4, 0.5) is 5.82 Å². The zero-order valence-electron chi connectivity index (χ0n) is 13.2. The van der Waals surface area contributed by atoms with Gasteiger partial charge in [0.2, 0.25) is 0 Å². The molecule has 112 valence electrons. The zero-order valence-corrected chi connectivity index (χ0v) is 13.2. The molecule has 1 saturated heterocycles. The summed E-state index contributed by atoms with van der Waals surface area (Å²) in [7, 11) is 0. The van der Waals surface area contributed by atoms with Crippen molar-refractivity contribution in [2.24, 2.45) is 5.92 Å². The van der Waals surface area contributed by atoms with Gasteiger partial charge in [0.05, 0.1) is 17.9 Å². The van der Waals surface area contributed by atoms with Crippen molar-refractivity contribution in [1.29, 1.82) is 0 Å². The lowest BCUT2D eigenvalue weighted by Crippen LogP contribution is -2.50. The van der Waals surface area contributed by atoms with Crippen molar-refractivity contribution in [3.8, 4) is 0 Å². The molecule has 1 aromatic heterocycles. The second kappa shape index (κ2) is 7.02. The van der Waals surface area contributed by atoms with Gasteiger partial charge in [-0.05, 0) is 31.4 Å². The number of aromatic nitrogens is 2. The third-order valence-corrected chi connectivity index (χ3v) is 3.92. The van der Waals surface area contributed by atoms with Crippen LogP contribution in [0.25, 0.3) is 0 Å². The Morgan fingerprint density at radius 2 is 2.10 bits per heavy atom. The fourth-order valence-electron chi connectivity index (χ4n) is 2.58. The van der Waals surface area contributed by atoms with Crippen molar-refractivity contribution in [2.45, 2.75) is 59.2 Å². The molecule has 1 fully saturated rings. The van der Waals surface area contributed by atoms with E-state index in [0.29, 0.717) is 12.0 Å². The van der Waals surface area contributed by atoms with Gasteiger partial charge in [-0.1, -0.05) is 33.6 Å². The Labute approximate surface area is 122 Å². The van der Waals surface area contributed by atoms with E-state index >= 15 is 0 Å². The Morgan fingerprint density at radius 1 is 1.30 bits per heavy atom. The van der Waals surface area contributed by atoms with Crippen molar-refractivity contribution in [3.05, 3.63) is 17.8 Å². The third kappa shape index (κ3) is 3.92. The van der Waals surface area contributed by atoms with E-state index in [1.54, 1.807) is 0 Å². The molecule has 0 N–H and O–H groups in total. The fourth-order valence-corrected chi connectivity index (χ4v) is 2.58. The monoisotopic (exact) mass is 277 g/mol. The van der Waals surface area contributed by atoms with Gasteiger partial charge in [0.25, 0.3) is 0 Å². The first-order valence-electron chi connectivity index (χ1n) is 7.81. The van der Waals surface area contributed by atoms with Crippen LogP contribution in [0.15, 0.2) is 12.1 Å².